The molecular weight excluding hydrogens is 292 g/mol. The second-order valence-corrected chi connectivity index (χ2v) is 5.98. The van der Waals surface area contributed by atoms with Crippen LogP contribution in [0.3, 0.4) is 0 Å². The number of nitrogens with one attached hydrogen (secondary N) is 2. The number of carbonyl (C=O) groups excluding carboxylic acids is 1. The van der Waals surface area contributed by atoms with Crippen molar-refractivity contribution in [1.82, 2.24) is 20.8 Å². The maximum Gasteiger partial charge on any atom is 0.231 e. The summed E-state index contributed by atoms with van der Waals surface area (Å²) in [6, 6.07) is 9.72. The maximum absolute atomic E-state index is 12.2. The average molecular weight is 314 g/mol. The fraction of sp³-hybridized carbons (Fsp3) is 0.471. The van der Waals surface area contributed by atoms with E-state index in [-0.39, 0.29) is 17.9 Å². The Hall–Kier alpha value is -2.21. The Bertz CT molecular complexity index is 635. The molecular formula is C17H22N4O2. The van der Waals surface area contributed by atoms with E-state index in [2.05, 4.69) is 20.8 Å². The van der Waals surface area contributed by atoms with Gasteiger partial charge in [0.25, 0.3) is 0 Å². The molecule has 2 unspecified atom stereocenters. The predicted octanol–water partition coefficient (Wildman–Crippen LogP) is 1.84. The van der Waals surface area contributed by atoms with E-state index in [4.69, 9.17) is 4.52 Å². The topological polar surface area (TPSA) is 80.0 Å². The summed E-state index contributed by atoms with van der Waals surface area (Å²) in [4.78, 5) is 16.6. The molecule has 23 heavy (non-hydrogen) atoms. The molecule has 2 aromatic rings. The lowest BCUT2D eigenvalue weighted by Gasteiger charge is -2.23. The smallest absolute Gasteiger partial charge is 0.231 e. The highest BCUT2D eigenvalue weighted by Crippen LogP contribution is 2.15. The number of carbonyl (C=O) groups is 1. The van der Waals surface area contributed by atoms with Gasteiger partial charge in [0, 0.05) is 6.54 Å². The Kier molecular flexibility index (Phi) is 5.02. The van der Waals surface area contributed by atoms with Gasteiger partial charge >= 0.3 is 0 Å². The number of piperidine rings is 1. The molecule has 6 heteroatoms. The third kappa shape index (κ3) is 4.16. The zero-order valence-corrected chi connectivity index (χ0v) is 13.3. The van der Waals surface area contributed by atoms with Crippen LogP contribution in [0, 0.1) is 5.92 Å². The van der Waals surface area contributed by atoms with Crippen LogP contribution in [0.2, 0.25) is 0 Å². The summed E-state index contributed by atoms with van der Waals surface area (Å²) in [6.07, 6.45) is 2.56. The summed E-state index contributed by atoms with van der Waals surface area (Å²) in [6.45, 7) is 3.61. The first-order valence-electron chi connectivity index (χ1n) is 8.10. The maximum atomic E-state index is 12.2. The van der Waals surface area contributed by atoms with Gasteiger partial charge in [-0.25, -0.2) is 0 Å². The van der Waals surface area contributed by atoms with Crippen LogP contribution in [-0.2, 0) is 11.2 Å². The molecule has 2 atom stereocenters. The average Bonchev–Trinajstić information content (AvgIpc) is 3.05. The van der Waals surface area contributed by atoms with Crippen molar-refractivity contribution < 1.29 is 9.32 Å². The van der Waals surface area contributed by atoms with Gasteiger partial charge in [-0.2, -0.15) is 4.98 Å². The van der Waals surface area contributed by atoms with Gasteiger partial charge in [0.15, 0.2) is 5.82 Å². The third-order valence-electron chi connectivity index (χ3n) is 4.10. The molecule has 3 rings (SSSR count). The minimum Gasteiger partial charge on any atom is -0.346 e. The van der Waals surface area contributed by atoms with Crippen molar-refractivity contribution in [2.75, 3.05) is 13.1 Å². The molecule has 0 saturated carbocycles. The second-order valence-electron chi connectivity index (χ2n) is 5.98. The predicted molar refractivity (Wildman–Crippen MR) is 85.7 cm³/mol. The van der Waals surface area contributed by atoms with Crippen molar-refractivity contribution in [2.24, 2.45) is 5.92 Å². The molecule has 0 spiro atoms. The molecule has 0 bridgehead atoms. The normalized spacial score (nSPS) is 19.3. The van der Waals surface area contributed by atoms with Crippen molar-refractivity contribution in [3.05, 3.63) is 47.6 Å². The largest absolute Gasteiger partial charge is 0.346 e. The fourth-order valence-electron chi connectivity index (χ4n) is 2.76. The van der Waals surface area contributed by atoms with Crippen LogP contribution >= 0.6 is 0 Å². The van der Waals surface area contributed by atoms with E-state index >= 15 is 0 Å². The zero-order chi connectivity index (χ0) is 16.1. The summed E-state index contributed by atoms with van der Waals surface area (Å²) in [5.74, 6) is 1.17. The van der Waals surface area contributed by atoms with E-state index in [0.29, 0.717) is 18.1 Å². The summed E-state index contributed by atoms with van der Waals surface area (Å²) < 4.78 is 5.29. The number of hydrogen-bond acceptors (Lipinski definition) is 5. The number of benzene rings is 1. The first-order chi connectivity index (χ1) is 11.2. The number of aromatic nitrogens is 2. The Morgan fingerprint density at radius 3 is 3.00 bits per heavy atom. The molecule has 1 aromatic heterocycles. The molecule has 1 fully saturated rings. The molecule has 0 radical (unpaired) electrons. The molecule has 1 saturated heterocycles. The van der Waals surface area contributed by atoms with E-state index in [1.165, 1.54) is 0 Å². The van der Waals surface area contributed by atoms with Gasteiger partial charge in [-0.3, -0.25) is 4.79 Å². The number of amides is 1. The lowest BCUT2D eigenvalue weighted by atomic mass is 9.98. The lowest BCUT2D eigenvalue weighted by molar-refractivity contribution is -0.126. The highest BCUT2D eigenvalue weighted by Gasteiger charge is 2.24. The van der Waals surface area contributed by atoms with Gasteiger partial charge in [-0.05, 0) is 31.9 Å². The highest BCUT2D eigenvalue weighted by molar-refractivity contribution is 5.79. The van der Waals surface area contributed by atoms with Gasteiger partial charge in [0.2, 0.25) is 11.8 Å². The molecule has 122 valence electrons. The summed E-state index contributed by atoms with van der Waals surface area (Å²) in [5.41, 5.74) is 1.12. The van der Waals surface area contributed by atoms with Crippen LogP contribution in [0.4, 0.5) is 0 Å². The van der Waals surface area contributed by atoms with E-state index < -0.39 is 0 Å². The third-order valence-corrected chi connectivity index (χ3v) is 4.10. The molecule has 0 aliphatic carbocycles. The summed E-state index contributed by atoms with van der Waals surface area (Å²) >= 11 is 0. The van der Waals surface area contributed by atoms with Gasteiger partial charge in [0.1, 0.15) is 0 Å². The van der Waals surface area contributed by atoms with Crippen molar-refractivity contribution in [3.63, 3.8) is 0 Å². The van der Waals surface area contributed by atoms with E-state index in [0.717, 1.165) is 31.5 Å². The first-order valence-corrected chi connectivity index (χ1v) is 8.10. The van der Waals surface area contributed by atoms with Gasteiger partial charge in [-0.15, -0.1) is 0 Å². The second kappa shape index (κ2) is 7.37. The lowest BCUT2D eigenvalue weighted by Crippen LogP contribution is -2.41. The number of hydrogen-bond donors (Lipinski definition) is 2. The van der Waals surface area contributed by atoms with Crippen molar-refractivity contribution in [1.29, 1.82) is 0 Å². The van der Waals surface area contributed by atoms with Crippen LogP contribution < -0.4 is 10.6 Å². The Labute approximate surface area is 135 Å². The van der Waals surface area contributed by atoms with Gasteiger partial charge in [-0.1, -0.05) is 35.5 Å². The quantitative estimate of drug-likeness (QED) is 0.880. The zero-order valence-electron chi connectivity index (χ0n) is 13.3. The molecule has 2 N–H and O–H groups in total. The van der Waals surface area contributed by atoms with Gasteiger partial charge in [0.05, 0.1) is 18.4 Å². The minimum atomic E-state index is -0.252. The fourth-order valence-corrected chi connectivity index (χ4v) is 2.76. The number of nitrogens with zero attached hydrogens (tertiary/aromatic N) is 2. The van der Waals surface area contributed by atoms with E-state index in [1.807, 2.05) is 37.3 Å². The monoisotopic (exact) mass is 314 g/mol. The molecule has 1 aromatic carbocycles. The van der Waals surface area contributed by atoms with E-state index in [1.54, 1.807) is 0 Å². The Balaban J connectivity index is 1.57. The molecule has 1 aliphatic heterocycles. The van der Waals surface area contributed by atoms with Crippen LogP contribution in [0.15, 0.2) is 34.9 Å². The number of rotatable bonds is 5. The molecule has 1 aliphatic rings. The van der Waals surface area contributed by atoms with Crippen LogP contribution in [0.25, 0.3) is 0 Å². The van der Waals surface area contributed by atoms with E-state index in [9.17, 15) is 4.79 Å². The van der Waals surface area contributed by atoms with Crippen molar-refractivity contribution in [2.45, 2.75) is 32.2 Å². The minimum absolute atomic E-state index is 0.0295. The Morgan fingerprint density at radius 1 is 1.43 bits per heavy atom. The Morgan fingerprint density at radius 2 is 2.26 bits per heavy atom. The van der Waals surface area contributed by atoms with Crippen LogP contribution in [0.1, 0.15) is 43.1 Å². The summed E-state index contributed by atoms with van der Waals surface area (Å²) in [5, 5.41) is 10.2. The summed E-state index contributed by atoms with van der Waals surface area (Å²) in [7, 11) is 0. The highest BCUT2D eigenvalue weighted by atomic mass is 16.5. The van der Waals surface area contributed by atoms with Crippen LogP contribution in [0.5, 0.6) is 0 Å². The molecule has 1 amide bonds. The van der Waals surface area contributed by atoms with Crippen LogP contribution in [-0.4, -0.2) is 29.1 Å². The SMILES string of the molecule is CC(NC(=O)C1CCCNC1)c1noc(Cc2ccccc2)n1. The standard InChI is InChI=1S/C17H22N4O2/c1-12(19-17(22)14-8-5-9-18-11-14)16-20-15(23-21-16)10-13-6-3-2-4-7-13/h2-4,6-7,12,14,18H,5,8-11H2,1H3,(H,19,22). The molecule has 2 heterocycles. The van der Waals surface area contributed by atoms with Crippen molar-refractivity contribution in [3.8, 4) is 0 Å². The molecule has 6 nitrogen and oxygen atoms in total. The van der Waals surface area contributed by atoms with Crippen molar-refractivity contribution >= 4 is 5.91 Å². The van der Waals surface area contributed by atoms with Gasteiger partial charge < -0.3 is 15.2 Å². The first kappa shape index (κ1) is 15.7.